The Kier molecular flexibility index (Phi) is 6.47. The SMILES string of the molecule is Cc1cccc(C2C3=CCC4C(=O)N(C)C(=O)C4C3CC3C(=O)N(c4cc(-c5sc6ccc(Cl)cc6c5C)nn4C)C(=O)C32C)c1O. The van der Waals surface area contributed by atoms with Crippen LogP contribution in [0.1, 0.15) is 42.4 Å². The molecule has 4 aromatic rings. The van der Waals surface area contributed by atoms with Crippen molar-refractivity contribution in [3.8, 4) is 16.3 Å². The fraction of sp³-hybridized carbons (Fsp3) is 0.361. The second-order valence-electron chi connectivity index (χ2n) is 13.6. The van der Waals surface area contributed by atoms with E-state index in [2.05, 4.69) is 0 Å². The predicted molar refractivity (Wildman–Crippen MR) is 179 cm³/mol. The highest BCUT2D eigenvalue weighted by molar-refractivity contribution is 7.22. The molecule has 2 saturated heterocycles. The number of benzene rings is 2. The third kappa shape index (κ3) is 3.91. The van der Waals surface area contributed by atoms with E-state index in [0.717, 1.165) is 26.1 Å². The van der Waals surface area contributed by atoms with Crippen LogP contribution in [0.3, 0.4) is 0 Å². The highest BCUT2D eigenvalue weighted by atomic mass is 35.5. The van der Waals surface area contributed by atoms with E-state index in [1.807, 2.05) is 44.2 Å². The molecule has 3 fully saturated rings. The van der Waals surface area contributed by atoms with Crippen molar-refractivity contribution < 1.29 is 24.3 Å². The van der Waals surface area contributed by atoms with Crippen LogP contribution in [0.2, 0.25) is 5.02 Å². The van der Waals surface area contributed by atoms with Crippen molar-refractivity contribution in [1.82, 2.24) is 14.7 Å². The zero-order chi connectivity index (χ0) is 33.3. The molecular formula is C36H33ClN4O5S. The number of aromatic hydroxyl groups is 1. The molecule has 2 aromatic carbocycles. The van der Waals surface area contributed by atoms with Crippen molar-refractivity contribution >= 4 is 62.5 Å². The van der Waals surface area contributed by atoms with Crippen molar-refractivity contribution in [2.45, 2.75) is 39.5 Å². The number of carbonyl (C=O) groups excluding carboxylic acids is 4. The Labute approximate surface area is 280 Å². The number of hydrogen-bond acceptors (Lipinski definition) is 7. The third-order valence-corrected chi connectivity index (χ3v) is 12.8. The predicted octanol–water partition coefficient (Wildman–Crippen LogP) is 6.14. The number of phenols is 1. The summed E-state index contributed by atoms with van der Waals surface area (Å²) in [6.45, 7) is 5.63. The van der Waals surface area contributed by atoms with Gasteiger partial charge in [0.1, 0.15) is 17.3 Å². The first kappa shape index (κ1) is 30.1. The summed E-state index contributed by atoms with van der Waals surface area (Å²) in [6, 6.07) is 13.0. The standard InChI is InChI=1S/C36H33ClN4O5S/c1-16-7-6-8-21(30(16)42)29-19-10-11-20-28(34(45)39(4)32(20)43)23(19)14-24-33(44)41(35(46)36(24,29)3)27-15-25(38-40(27)5)31-17(2)22-13-18(37)9-12-26(22)47-31/h6-10,12-13,15,20,23-24,28-29,42H,11,14H2,1-5H3. The van der Waals surface area contributed by atoms with E-state index >= 15 is 0 Å². The lowest BCUT2D eigenvalue weighted by Gasteiger charge is -2.49. The number of anilines is 1. The van der Waals surface area contributed by atoms with Crippen LogP contribution in [0.25, 0.3) is 20.7 Å². The molecule has 1 saturated carbocycles. The summed E-state index contributed by atoms with van der Waals surface area (Å²) in [5.41, 5.74) is 2.43. The van der Waals surface area contributed by atoms with Crippen molar-refractivity contribution in [3.05, 3.63) is 75.8 Å². The fourth-order valence-corrected chi connectivity index (χ4v) is 10.2. The summed E-state index contributed by atoms with van der Waals surface area (Å²) in [4.78, 5) is 59.4. The topological polar surface area (TPSA) is 113 Å². The summed E-state index contributed by atoms with van der Waals surface area (Å²) in [6.07, 6.45) is 2.61. The van der Waals surface area contributed by atoms with Gasteiger partial charge in [0.25, 0.3) is 0 Å². The number of allylic oxidation sites excluding steroid dienone is 2. The minimum atomic E-state index is -1.26. The molecule has 0 spiro atoms. The number of halogens is 1. The first-order valence-corrected chi connectivity index (χ1v) is 16.9. The van der Waals surface area contributed by atoms with E-state index in [0.29, 0.717) is 34.1 Å². The fourth-order valence-electron chi connectivity index (χ4n) is 8.87. The van der Waals surface area contributed by atoms with Crippen LogP contribution in [-0.2, 0) is 26.2 Å². The smallest absolute Gasteiger partial charge is 0.242 e. The van der Waals surface area contributed by atoms with Crippen molar-refractivity contribution in [2.24, 2.45) is 36.1 Å². The number of hydrogen-bond donors (Lipinski definition) is 1. The lowest BCUT2D eigenvalue weighted by molar-refractivity contribution is -0.138. The van der Waals surface area contributed by atoms with Gasteiger partial charge in [-0.25, -0.2) is 4.90 Å². The second-order valence-corrected chi connectivity index (χ2v) is 15.1. The maximum absolute atomic E-state index is 14.9. The Balaban J connectivity index is 1.27. The molecular weight excluding hydrogens is 636 g/mol. The van der Waals surface area contributed by atoms with Crippen molar-refractivity contribution in [2.75, 3.05) is 11.9 Å². The number of likely N-dealkylation sites (tertiary alicyclic amines) is 1. The maximum Gasteiger partial charge on any atom is 0.242 e. The number of aromatic nitrogens is 2. The number of amides is 4. The van der Waals surface area contributed by atoms with E-state index in [1.54, 1.807) is 48.2 Å². The number of aryl methyl sites for hydroxylation is 3. The van der Waals surface area contributed by atoms with Gasteiger partial charge >= 0.3 is 0 Å². The minimum absolute atomic E-state index is 0.0638. The molecule has 2 aliphatic carbocycles. The molecule has 9 nitrogen and oxygen atoms in total. The minimum Gasteiger partial charge on any atom is -0.507 e. The summed E-state index contributed by atoms with van der Waals surface area (Å²) in [7, 11) is 3.23. The Bertz CT molecular complexity index is 2130. The van der Waals surface area contributed by atoms with Crippen LogP contribution in [0.15, 0.2) is 54.1 Å². The van der Waals surface area contributed by atoms with Crippen LogP contribution in [0.5, 0.6) is 5.75 Å². The summed E-state index contributed by atoms with van der Waals surface area (Å²) >= 11 is 7.86. The lowest BCUT2D eigenvalue weighted by atomic mass is 9.51. The zero-order valence-electron chi connectivity index (χ0n) is 26.6. The largest absolute Gasteiger partial charge is 0.507 e. The van der Waals surface area contributed by atoms with Crippen molar-refractivity contribution in [1.29, 1.82) is 0 Å². The van der Waals surface area contributed by atoms with Gasteiger partial charge < -0.3 is 5.11 Å². The number of para-hydroxylation sites is 1. The molecule has 4 aliphatic rings. The number of thiophene rings is 1. The molecule has 6 atom stereocenters. The molecule has 47 heavy (non-hydrogen) atoms. The van der Waals surface area contributed by atoms with Gasteiger partial charge in [0, 0.05) is 41.4 Å². The monoisotopic (exact) mass is 668 g/mol. The highest BCUT2D eigenvalue weighted by Crippen LogP contribution is 2.64. The number of carbonyl (C=O) groups is 4. The van der Waals surface area contributed by atoms with E-state index < -0.39 is 35.0 Å². The van der Waals surface area contributed by atoms with Gasteiger partial charge in [0.2, 0.25) is 23.6 Å². The van der Waals surface area contributed by atoms with Gasteiger partial charge in [-0.15, -0.1) is 11.3 Å². The average molecular weight is 669 g/mol. The van der Waals surface area contributed by atoms with Gasteiger partial charge in [-0.3, -0.25) is 28.8 Å². The first-order chi connectivity index (χ1) is 22.3. The van der Waals surface area contributed by atoms with Gasteiger partial charge in [-0.2, -0.15) is 5.10 Å². The van der Waals surface area contributed by atoms with Gasteiger partial charge in [-0.1, -0.05) is 41.4 Å². The lowest BCUT2D eigenvalue weighted by Crippen LogP contribution is -2.48. The van der Waals surface area contributed by atoms with Crippen LogP contribution < -0.4 is 4.90 Å². The molecule has 0 bridgehead atoms. The molecule has 8 rings (SSSR count). The normalized spacial score (nSPS) is 28.6. The molecule has 1 N–H and O–H groups in total. The summed E-state index contributed by atoms with van der Waals surface area (Å²) < 4.78 is 2.62. The van der Waals surface area contributed by atoms with E-state index in [1.165, 1.54) is 16.8 Å². The average Bonchev–Trinajstić information content (AvgIpc) is 3.70. The zero-order valence-corrected chi connectivity index (χ0v) is 28.1. The number of imide groups is 2. The molecule has 11 heteroatoms. The quantitative estimate of drug-likeness (QED) is 0.207. The van der Waals surface area contributed by atoms with Crippen LogP contribution in [-0.4, -0.2) is 50.5 Å². The molecule has 4 amide bonds. The molecule has 240 valence electrons. The van der Waals surface area contributed by atoms with Crippen LogP contribution in [0.4, 0.5) is 5.82 Å². The van der Waals surface area contributed by atoms with Crippen molar-refractivity contribution in [3.63, 3.8) is 0 Å². The van der Waals surface area contributed by atoms with Crippen LogP contribution in [0, 0.1) is 42.9 Å². The summed E-state index contributed by atoms with van der Waals surface area (Å²) in [5.74, 6) is -3.79. The van der Waals surface area contributed by atoms with Gasteiger partial charge in [0.05, 0.1) is 28.0 Å². The Morgan fingerprint density at radius 2 is 1.77 bits per heavy atom. The Morgan fingerprint density at radius 3 is 2.53 bits per heavy atom. The molecule has 2 aliphatic heterocycles. The second kappa shape index (κ2) is 10.1. The molecule has 0 radical (unpaired) electrons. The van der Waals surface area contributed by atoms with E-state index in [-0.39, 0.29) is 35.8 Å². The molecule has 2 aromatic heterocycles. The number of rotatable bonds is 3. The van der Waals surface area contributed by atoms with Gasteiger partial charge in [-0.05, 0) is 74.2 Å². The molecule has 6 unspecified atom stereocenters. The maximum atomic E-state index is 14.9. The van der Waals surface area contributed by atoms with E-state index in [9.17, 15) is 24.3 Å². The van der Waals surface area contributed by atoms with Crippen LogP contribution >= 0.6 is 22.9 Å². The Hall–Kier alpha value is -4.28. The first-order valence-electron chi connectivity index (χ1n) is 15.8. The summed E-state index contributed by atoms with van der Waals surface area (Å²) in [5, 5.41) is 17.9. The Morgan fingerprint density at radius 1 is 1.00 bits per heavy atom. The number of phenolic OH excluding ortho intramolecular Hbond substituents is 1. The van der Waals surface area contributed by atoms with E-state index in [4.69, 9.17) is 16.7 Å². The number of nitrogens with zero attached hydrogens (tertiary/aromatic N) is 4. The number of fused-ring (bicyclic) bond motifs is 5. The molecule has 4 heterocycles. The van der Waals surface area contributed by atoms with Gasteiger partial charge in [0.15, 0.2) is 0 Å². The third-order valence-electron chi connectivity index (χ3n) is 11.3. The highest BCUT2D eigenvalue weighted by Gasteiger charge is 2.68.